The minimum Gasteiger partial charge on any atom is -0.370 e. The van der Waals surface area contributed by atoms with Crippen molar-refractivity contribution in [3.63, 3.8) is 0 Å². The highest BCUT2D eigenvalue weighted by Crippen LogP contribution is 2.39. The van der Waals surface area contributed by atoms with Crippen LogP contribution in [0.4, 0.5) is 18.9 Å². The van der Waals surface area contributed by atoms with E-state index in [1.807, 2.05) is 24.1 Å². The molecule has 1 amide bonds. The van der Waals surface area contributed by atoms with Gasteiger partial charge in [-0.25, -0.2) is 4.98 Å². The number of amides is 1. The van der Waals surface area contributed by atoms with E-state index in [2.05, 4.69) is 15.2 Å². The number of pyridine rings is 1. The summed E-state index contributed by atoms with van der Waals surface area (Å²) >= 11 is 5.97. The highest BCUT2D eigenvalue weighted by molar-refractivity contribution is 6.29. The third-order valence-corrected chi connectivity index (χ3v) is 7.07. The number of likely N-dealkylation sites (tertiary alicyclic amines) is 1. The number of hydrogen-bond acceptors (Lipinski definition) is 5. The minimum atomic E-state index is -4.52. The summed E-state index contributed by atoms with van der Waals surface area (Å²) in [5.41, 5.74) is -0.528. The summed E-state index contributed by atoms with van der Waals surface area (Å²) in [6, 6.07) is 8.63. The number of carbonyl (C=O) groups is 1. The number of alkyl halides is 3. The molecule has 0 bridgehead atoms. The number of rotatable bonds is 4. The van der Waals surface area contributed by atoms with E-state index in [1.165, 1.54) is 6.07 Å². The van der Waals surface area contributed by atoms with E-state index >= 15 is 0 Å². The average molecular weight is 492 g/mol. The molecule has 34 heavy (non-hydrogen) atoms. The number of likely N-dealkylation sites (N-methyl/N-ethyl adjacent to an activating group) is 1. The van der Waals surface area contributed by atoms with E-state index in [4.69, 9.17) is 11.6 Å². The molecule has 2 aliphatic heterocycles. The molecule has 2 saturated heterocycles. The summed E-state index contributed by atoms with van der Waals surface area (Å²) in [5.74, 6) is -0.0792. The molecule has 0 spiro atoms. The van der Waals surface area contributed by atoms with E-state index < -0.39 is 17.2 Å². The lowest BCUT2D eigenvalue weighted by atomic mass is 9.72. The molecule has 2 fully saturated rings. The highest BCUT2D eigenvalue weighted by Gasteiger charge is 2.44. The molecule has 4 rings (SSSR count). The fraction of sp³-hybridized carbons (Fsp3) is 0.458. The van der Waals surface area contributed by atoms with Gasteiger partial charge in [-0.05, 0) is 62.7 Å². The lowest BCUT2D eigenvalue weighted by Gasteiger charge is -2.42. The first-order chi connectivity index (χ1) is 16.1. The number of nitriles is 1. The first-order valence-corrected chi connectivity index (χ1v) is 11.5. The molecule has 1 aromatic heterocycles. The van der Waals surface area contributed by atoms with Crippen molar-refractivity contribution in [2.75, 3.05) is 38.1 Å². The normalized spacial score (nSPS) is 20.7. The Hall–Kier alpha value is -2.83. The Balaban J connectivity index is 1.59. The van der Waals surface area contributed by atoms with Crippen molar-refractivity contribution in [3.8, 4) is 6.07 Å². The predicted molar refractivity (Wildman–Crippen MR) is 123 cm³/mol. The van der Waals surface area contributed by atoms with Gasteiger partial charge in [0.1, 0.15) is 11.2 Å². The molecule has 1 aromatic carbocycles. The van der Waals surface area contributed by atoms with E-state index in [0.717, 1.165) is 37.2 Å². The van der Waals surface area contributed by atoms with Gasteiger partial charge in [0.05, 0.1) is 22.2 Å². The van der Waals surface area contributed by atoms with E-state index in [-0.39, 0.29) is 17.5 Å². The summed E-state index contributed by atoms with van der Waals surface area (Å²) in [5, 5.41) is 13.0. The van der Waals surface area contributed by atoms with E-state index in [0.29, 0.717) is 36.8 Å². The molecule has 3 heterocycles. The summed E-state index contributed by atoms with van der Waals surface area (Å²) in [7, 11) is 2.01. The minimum absolute atomic E-state index is 0.0334. The van der Waals surface area contributed by atoms with Crippen LogP contribution in [0.15, 0.2) is 36.5 Å². The van der Waals surface area contributed by atoms with Crippen molar-refractivity contribution in [1.29, 1.82) is 5.26 Å². The van der Waals surface area contributed by atoms with Crippen LogP contribution in [0, 0.1) is 11.3 Å². The maximum absolute atomic E-state index is 13.6. The van der Waals surface area contributed by atoms with Gasteiger partial charge in [-0.3, -0.25) is 4.79 Å². The van der Waals surface area contributed by atoms with Gasteiger partial charge in [0.25, 0.3) is 0 Å². The molecule has 180 valence electrons. The van der Waals surface area contributed by atoms with Gasteiger partial charge in [0.15, 0.2) is 0 Å². The predicted octanol–water partition coefficient (Wildman–Crippen LogP) is 3.98. The maximum Gasteiger partial charge on any atom is 0.416 e. The van der Waals surface area contributed by atoms with Crippen LogP contribution >= 0.6 is 11.6 Å². The first-order valence-electron chi connectivity index (χ1n) is 11.1. The monoisotopic (exact) mass is 491 g/mol. The van der Waals surface area contributed by atoms with Crippen LogP contribution < -0.4 is 10.2 Å². The average Bonchev–Trinajstić information content (AvgIpc) is 3.23. The van der Waals surface area contributed by atoms with Gasteiger partial charge in [-0.1, -0.05) is 17.7 Å². The van der Waals surface area contributed by atoms with Crippen LogP contribution in [0.2, 0.25) is 5.15 Å². The third-order valence-electron chi connectivity index (χ3n) is 6.84. The number of halogens is 4. The zero-order chi connectivity index (χ0) is 24.5. The second kappa shape index (κ2) is 9.43. The number of aromatic nitrogens is 1. The fourth-order valence-corrected chi connectivity index (χ4v) is 5.00. The van der Waals surface area contributed by atoms with Gasteiger partial charge < -0.3 is 15.1 Å². The summed E-state index contributed by atoms with van der Waals surface area (Å²) in [6.07, 6.45) is -1.17. The molecular formula is C24H25ClF3N5O. The molecule has 10 heteroatoms. The van der Waals surface area contributed by atoms with E-state index in [9.17, 15) is 23.2 Å². The number of carbonyl (C=O) groups excluding carboxylic acids is 1. The molecule has 2 aliphatic rings. The largest absolute Gasteiger partial charge is 0.416 e. The number of anilines is 1. The second-order valence-electron chi connectivity index (χ2n) is 9.00. The van der Waals surface area contributed by atoms with Crippen molar-refractivity contribution < 1.29 is 18.0 Å². The second-order valence-corrected chi connectivity index (χ2v) is 9.39. The number of nitrogens with one attached hydrogen (secondary N) is 1. The SMILES string of the molecule is CN1CC[C@@H](NC(=O)C2(c3ccc(Cl)nc3)CCN(c3ccc(C(F)(F)F)cc3C#N)CC2)C1. The molecule has 0 unspecified atom stereocenters. The Kier molecular flexibility index (Phi) is 6.74. The fourth-order valence-electron chi connectivity index (χ4n) is 4.89. The zero-order valence-electron chi connectivity index (χ0n) is 18.7. The molecule has 1 N–H and O–H groups in total. The molecule has 0 radical (unpaired) electrons. The van der Waals surface area contributed by atoms with Crippen molar-refractivity contribution in [1.82, 2.24) is 15.2 Å². The zero-order valence-corrected chi connectivity index (χ0v) is 19.5. The Bertz CT molecular complexity index is 1090. The number of nitrogens with zero attached hydrogens (tertiary/aromatic N) is 4. The highest BCUT2D eigenvalue weighted by atomic mass is 35.5. The van der Waals surface area contributed by atoms with Crippen LogP contribution in [0.1, 0.15) is 36.0 Å². The lowest BCUT2D eigenvalue weighted by Crippen LogP contribution is -2.54. The third kappa shape index (κ3) is 4.84. The van der Waals surface area contributed by atoms with Crippen LogP contribution in [-0.2, 0) is 16.4 Å². The lowest BCUT2D eigenvalue weighted by molar-refractivity contribution is -0.137. The molecule has 1 atom stereocenters. The Morgan fingerprint density at radius 2 is 1.97 bits per heavy atom. The quantitative estimate of drug-likeness (QED) is 0.655. The topological polar surface area (TPSA) is 72.3 Å². The Morgan fingerprint density at radius 1 is 1.24 bits per heavy atom. The molecule has 2 aromatic rings. The molecular weight excluding hydrogens is 467 g/mol. The summed E-state index contributed by atoms with van der Waals surface area (Å²) < 4.78 is 39.3. The first kappa shape index (κ1) is 24.3. The van der Waals surface area contributed by atoms with Crippen molar-refractivity contribution in [2.24, 2.45) is 0 Å². The van der Waals surface area contributed by atoms with Crippen molar-refractivity contribution >= 4 is 23.2 Å². The smallest absolute Gasteiger partial charge is 0.370 e. The summed E-state index contributed by atoms with van der Waals surface area (Å²) in [6.45, 7) is 2.50. The van der Waals surface area contributed by atoms with Crippen LogP contribution in [0.3, 0.4) is 0 Å². The standard InChI is InChI=1S/C24H25ClF3N5O/c1-32-9-6-19(15-32)31-22(34)23(18-3-5-21(25)30-14-18)7-10-33(11-8-23)20-4-2-17(24(26,27)28)12-16(20)13-29/h2-5,12,14,19H,6-11,15H2,1H3,(H,31,34)/t19-/m1/s1. The van der Waals surface area contributed by atoms with Gasteiger partial charge in [-0.2, -0.15) is 18.4 Å². The number of hydrogen-bond donors (Lipinski definition) is 1. The van der Waals surface area contributed by atoms with Gasteiger partial charge in [0, 0.05) is 31.9 Å². The van der Waals surface area contributed by atoms with Crippen molar-refractivity contribution in [2.45, 2.75) is 36.9 Å². The Morgan fingerprint density at radius 3 is 2.53 bits per heavy atom. The van der Waals surface area contributed by atoms with Crippen molar-refractivity contribution in [3.05, 3.63) is 58.4 Å². The van der Waals surface area contributed by atoms with E-state index in [1.54, 1.807) is 12.3 Å². The molecule has 6 nitrogen and oxygen atoms in total. The molecule has 0 aliphatic carbocycles. The van der Waals surface area contributed by atoms with Gasteiger partial charge in [-0.15, -0.1) is 0 Å². The molecule has 0 saturated carbocycles. The maximum atomic E-state index is 13.6. The van der Waals surface area contributed by atoms with Gasteiger partial charge >= 0.3 is 6.18 Å². The van der Waals surface area contributed by atoms with Crippen LogP contribution in [-0.4, -0.2) is 55.1 Å². The van der Waals surface area contributed by atoms with Crippen LogP contribution in [0.5, 0.6) is 0 Å². The van der Waals surface area contributed by atoms with Gasteiger partial charge in [0.2, 0.25) is 5.91 Å². The number of piperidine rings is 1. The summed E-state index contributed by atoms with van der Waals surface area (Å²) in [4.78, 5) is 21.8. The Labute approximate surface area is 201 Å². The van der Waals surface area contributed by atoms with Crippen LogP contribution in [0.25, 0.3) is 0 Å². The number of benzene rings is 1.